The van der Waals surface area contributed by atoms with E-state index in [1.54, 1.807) is 14.2 Å². The summed E-state index contributed by atoms with van der Waals surface area (Å²) in [5, 5.41) is 31.3. The fourth-order valence-corrected chi connectivity index (χ4v) is 7.06. The summed E-state index contributed by atoms with van der Waals surface area (Å²) >= 11 is 0.323. The molecule has 0 aromatic heterocycles. The Hall–Kier alpha value is -3.03. The zero-order valence-electron chi connectivity index (χ0n) is 25.7. The zero-order chi connectivity index (χ0) is 30.7. The first-order valence-electron chi connectivity index (χ1n) is 14.0. The quantitative estimate of drug-likeness (QED) is 0.503. The second kappa shape index (κ2) is 12.9. The molecule has 41 heavy (non-hydrogen) atoms. The van der Waals surface area contributed by atoms with E-state index in [-0.39, 0.29) is 10.8 Å². The molecule has 1 heterocycles. The summed E-state index contributed by atoms with van der Waals surface area (Å²) in [7, 11) is 3.33. The maximum atomic E-state index is 11.2. The molecule has 2 fully saturated rings. The number of hydrogen-bond acceptors (Lipinski definition) is 6. The fraction of sp³-hybridized carbons (Fsp3) is 0.531. The van der Waals surface area contributed by atoms with Gasteiger partial charge in [-0.25, -0.2) is 0 Å². The molecule has 1 saturated heterocycles. The molecular weight excluding hydrogens is 563 g/mol. The third-order valence-corrected chi connectivity index (χ3v) is 8.97. The van der Waals surface area contributed by atoms with Gasteiger partial charge in [-0.1, -0.05) is 0 Å². The normalized spacial score (nSPS) is 20.8. The van der Waals surface area contributed by atoms with Crippen LogP contribution in [0, 0.1) is 0 Å². The second-order valence-corrected chi connectivity index (χ2v) is 14.1. The van der Waals surface area contributed by atoms with Gasteiger partial charge >= 0.3 is 229 Å². The Balaban J connectivity index is 0.00000108. The maximum absolute atomic E-state index is 11.2. The molecule has 2 aromatic rings. The number of aromatic hydroxyl groups is 2. The first kappa shape index (κ1) is 32.5. The van der Waals surface area contributed by atoms with E-state index in [1.807, 2.05) is 24.3 Å². The monoisotopic (exact) mass is 608 g/mol. The van der Waals surface area contributed by atoms with Gasteiger partial charge in [0, 0.05) is 5.97 Å². The van der Waals surface area contributed by atoms with Crippen LogP contribution in [0.2, 0.25) is 0 Å². The molecule has 8 nitrogen and oxygen atoms in total. The van der Waals surface area contributed by atoms with E-state index in [4.69, 9.17) is 19.4 Å². The number of nitrogens with zero attached hydrogens (tertiary/aromatic N) is 2. The van der Waals surface area contributed by atoms with Gasteiger partial charge in [-0.05, 0) is 6.92 Å². The van der Waals surface area contributed by atoms with E-state index in [9.17, 15) is 10.2 Å². The van der Waals surface area contributed by atoms with Crippen molar-refractivity contribution in [3.8, 4) is 23.0 Å². The number of carbonyl (C=O) groups is 1. The summed E-state index contributed by atoms with van der Waals surface area (Å²) in [5.74, 6) is 1.04. The Morgan fingerprint density at radius 2 is 1.17 bits per heavy atom. The van der Waals surface area contributed by atoms with Gasteiger partial charge in [-0.2, -0.15) is 0 Å². The van der Waals surface area contributed by atoms with Gasteiger partial charge in [0.2, 0.25) is 0 Å². The summed E-state index contributed by atoms with van der Waals surface area (Å²) in [4.78, 5) is 8.89. The van der Waals surface area contributed by atoms with E-state index < -0.39 is 5.97 Å². The number of hydrogen-bond donors (Lipinski definition) is 2. The summed E-state index contributed by atoms with van der Waals surface area (Å²) < 4.78 is 15.9. The summed E-state index contributed by atoms with van der Waals surface area (Å²) in [6.45, 7) is 13.6. The minimum atomic E-state index is -1.08. The molecule has 4 rings (SSSR count). The van der Waals surface area contributed by atoms with Crippen LogP contribution >= 0.6 is 0 Å². The molecule has 0 radical (unpaired) electrons. The Morgan fingerprint density at radius 1 is 0.829 bits per heavy atom. The van der Waals surface area contributed by atoms with Gasteiger partial charge in [-0.15, -0.1) is 0 Å². The molecule has 2 unspecified atom stereocenters. The molecule has 0 bridgehead atoms. The molecule has 2 N–H and O–H groups in total. The topological polar surface area (TPSA) is 105 Å². The fourth-order valence-electron chi connectivity index (χ4n) is 5.22. The molecule has 2 aliphatic rings. The van der Waals surface area contributed by atoms with Crippen LogP contribution in [0.15, 0.2) is 24.3 Å². The molecule has 1 aliphatic heterocycles. The number of carboxylic acid groups (broad SMARTS) is 1. The Bertz CT molecular complexity index is 1240. The van der Waals surface area contributed by atoms with Crippen LogP contribution in [-0.4, -0.2) is 62.1 Å². The van der Waals surface area contributed by atoms with Crippen LogP contribution in [0.5, 0.6) is 23.0 Å². The van der Waals surface area contributed by atoms with E-state index in [1.165, 1.54) is 12.8 Å². The van der Waals surface area contributed by atoms with Gasteiger partial charge in [0.05, 0.1) is 0 Å². The molecule has 225 valence electrons. The van der Waals surface area contributed by atoms with Crippen molar-refractivity contribution in [1.29, 1.82) is 0 Å². The summed E-state index contributed by atoms with van der Waals surface area (Å²) in [6.07, 6.45) is 8.81. The third kappa shape index (κ3) is 7.83. The number of carboxylic acids is 1. The molecule has 2 atom stereocenters. The number of phenolic OH excluding ortho intramolecular Hbond substituents is 2. The second-order valence-electron chi connectivity index (χ2n) is 12.7. The molecular formula is C32H45MnN2O6+. The van der Waals surface area contributed by atoms with Crippen molar-refractivity contribution in [2.75, 3.05) is 14.2 Å². The van der Waals surface area contributed by atoms with Crippen LogP contribution in [0.1, 0.15) is 96.4 Å². The SMILES string of the molecule is CC(=O)[O-].COc1cc(C=[N+]2[Mn][N+](=Cc3cc(OC)cc(C(C)(C)C)c3O)C3CCCCC32)c(O)c(C(C)(C)C)c1. The predicted molar refractivity (Wildman–Crippen MR) is 154 cm³/mol. The summed E-state index contributed by atoms with van der Waals surface area (Å²) in [5.41, 5.74) is 2.89. The van der Waals surface area contributed by atoms with Gasteiger partial charge < -0.3 is 9.90 Å². The van der Waals surface area contributed by atoms with Crippen LogP contribution in [-0.2, 0) is 31.0 Å². The number of carbonyl (C=O) groups excluding carboxylic acids is 1. The van der Waals surface area contributed by atoms with Crippen molar-refractivity contribution in [1.82, 2.24) is 0 Å². The van der Waals surface area contributed by atoms with E-state index >= 15 is 0 Å². The van der Waals surface area contributed by atoms with Crippen molar-refractivity contribution < 1.29 is 52.2 Å². The first-order chi connectivity index (χ1) is 19.1. The van der Waals surface area contributed by atoms with Gasteiger partial charge in [0.1, 0.15) is 0 Å². The summed E-state index contributed by atoms with van der Waals surface area (Å²) in [6, 6.07) is 8.40. The Labute approximate surface area is 250 Å². The number of rotatable bonds is 4. The predicted octanol–water partition coefficient (Wildman–Crippen LogP) is 4.27. The number of fused-ring (bicyclic) bond motifs is 1. The number of methoxy groups -OCH3 is 2. The van der Waals surface area contributed by atoms with Crippen LogP contribution in [0.4, 0.5) is 0 Å². The molecule has 0 spiro atoms. The average molecular weight is 609 g/mol. The van der Waals surface area contributed by atoms with Gasteiger partial charge in [-0.3, -0.25) is 0 Å². The van der Waals surface area contributed by atoms with Crippen molar-refractivity contribution in [2.24, 2.45) is 0 Å². The van der Waals surface area contributed by atoms with Gasteiger partial charge in [0.15, 0.2) is 0 Å². The molecule has 1 saturated carbocycles. The van der Waals surface area contributed by atoms with Crippen LogP contribution < -0.4 is 14.6 Å². The Kier molecular flexibility index (Phi) is 10.2. The van der Waals surface area contributed by atoms with Crippen LogP contribution in [0.3, 0.4) is 0 Å². The molecule has 1 aliphatic carbocycles. The number of benzene rings is 2. The number of ether oxygens (including phenoxy) is 2. The zero-order valence-corrected chi connectivity index (χ0v) is 26.9. The van der Waals surface area contributed by atoms with E-state index in [0.717, 1.165) is 53.5 Å². The molecule has 0 amide bonds. The number of phenols is 2. The third-order valence-electron chi connectivity index (χ3n) is 7.34. The minimum absolute atomic E-state index is 0.212. The van der Waals surface area contributed by atoms with Crippen molar-refractivity contribution >= 4 is 18.4 Å². The number of aliphatic carboxylic acids is 1. The molecule has 9 heteroatoms. The van der Waals surface area contributed by atoms with Gasteiger partial charge in [0.25, 0.3) is 0 Å². The first-order valence-corrected chi connectivity index (χ1v) is 15.0. The molecule has 2 aromatic carbocycles. The van der Waals surface area contributed by atoms with Crippen molar-refractivity contribution in [3.05, 3.63) is 46.5 Å². The van der Waals surface area contributed by atoms with Crippen molar-refractivity contribution in [2.45, 2.75) is 97.1 Å². The van der Waals surface area contributed by atoms with Crippen molar-refractivity contribution in [3.63, 3.8) is 0 Å². The van der Waals surface area contributed by atoms with E-state index in [2.05, 4.69) is 61.2 Å². The Morgan fingerprint density at radius 3 is 1.46 bits per heavy atom. The average Bonchev–Trinajstić information content (AvgIpc) is 3.21. The standard InChI is InChI=1S/C30H42N2O4.C2H4O2.Mn/c1-29(2,3)23-15-21(35-7)13-19(27(23)33)17-31-25-11-9-10-12-26(25)32-18-20-14-22(36-8)16-24(28(20)34)30(4,5)6;1-2(3)4;/h13-18,25-26,33-34H,9-12H2,1-8H3;1H3,(H,3,4);/q;;+2/p-1. The van der Waals surface area contributed by atoms with Crippen LogP contribution in [0.25, 0.3) is 0 Å². The van der Waals surface area contributed by atoms with E-state index in [0.29, 0.717) is 39.0 Å².